The predicted octanol–water partition coefficient (Wildman–Crippen LogP) is 14.1. The molecule has 0 saturated heterocycles. The summed E-state index contributed by atoms with van der Waals surface area (Å²) in [5.41, 5.74) is 8.68. The molecule has 0 saturated carbocycles. The van der Waals surface area contributed by atoms with Gasteiger partial charge >= 0.3 is 5.97 Å². The summed E-state index contributed by atoms with van der Waals surface area (Å²) < 4.78 is 7.65. The van der Waals surface area contributed by atoms with Crippen LogP contribution < -0.4 is 4.90 Å². The lowest BCUT2D eigenvalue weighted by Gasteiger charge is -2.35. The van der Waals surface area contributed by atoms with Gasteiger partial charge in [-0.15, -0.1) is 0 Å². The van der Waals surface area contributed by atoms with Crippen LogP contribution in [0.3, 0.4) is 0 Å². The van der Waals surface area contributed by atoms with Crippen LogP contribution >= 0.6 is 0 Å². The maximum atomic E-state index is 12.4. The van der Waals surface area contributed by atoms with Crippen molar-refractivity contribution in [3.05, 3.63) is 191 Å². The number of nitrogens with zero attached hydrogens (tertiary/aromatic N) is 3. The molecule has 1 N–H and O–H groups in total. The van der Waals surface area contributed by atoms with Gasteiger partial charge in [0.2, 0.25) is 5.69 Å². The molecule has 2 heterocycles. The largest absolute Gasteiger partial charge is 0.481 e. The topological polar surface area (TPSA) is 93.6 Å². The number of anilines is 1. The number of hydrogen-bond donors (Lipinski definition) is 1. The van der Waals surface area contributed by atoms with Crippen molar-refractivity contribution in [1.82, 2.24) is 0 Å². The van der Waals surface area contributed by atoms with Crippen LogP contribution in [-0.4, -0.2) is 47.5 Å². The molecule has 0 aliphatic carbocycles. The Morgan fingerprint density at radius 2 is 1.29 bits per heavy atom. The SMILES string of the molecule is CCCCCCC1(Cc2ccccc2)C(=CC=C(C#N)C=CC2=[N+](CCC(=O)O)c3ccc4ccccc4c3C2(CCCCCC)Cc2ccccc2)N(CCOC=O)c2ccc3ccccc3c21. The second kappa shape index (κ2) is 22.8. The molecule has 2 atom stereocenters. The maximum Gasteiger partial charge on any atom is 0.309 e. The van der Waals surface area contributed by atoms with Gasteiger partial charge in [-0.05, 0) is 94.3 Å². The van der Waals surface area contributed by atoms with E-state index in [0.717, 1.165) is 105 Å². The highest BCUT2D eigenvalue weighted by molar-refractivity contribution is 6.08. The molecular formula is C62H66N3O4+. The third-order valence-corrected chi connectivity index (χ3v) is 14.5. The zero-order chi connectivity index (χ0) is 48.1. The van der Waals surface area contributed by atoms with Crippen LogP contribution in [-0.2, 0) is 38.0 Å². The molecule has 0 amide bonds. The summed E-state index contributed by atoms with van der Waals surface area (Å²) in [5, 5.41) is 26.0. The number of carbonyl (C=O) groups excluding carboxylic acids is 1. The molecule has 0 spiro atoms. The third-order valence-electron chi connectivity index (χ3n) is 14.5. The average Bonchev–Trinajstić information content (AvgIpc) is 3.79. The van der Waals surface area contributed by atoms with Crippen LogP contribution in [0.5, 0.6) is 0 Å². The summed E-state index contributed by atoms with van der Waals surface area (Å²) in [6.45, 7) is 5.96. The highest BCUT2D eigenvalue weighted by Gasteiger charge is 2.52. The number of allylic oxidation sites excluding steroid dienone is 6. The van der Waals surface area contributed by atoms with E-state index in [1.165, 1.54) is 38.4 Å². The molecular weight excluding hydrogens is 851 g/mol. The molecule has 2 aliphatic rings. The Morgan fingerprint density at radius 1 is 0.710 bits per heavy atom. The van der Waals surface area contributed by atoms with E-state index < -0.39 is 16.8 Å². The summed E-state index contributed by atoms with van der Waals surface area (Å²) in [6, 6.07) is 49.9. The Labute approximate surface area is 408 Å². The van der Waals surface area contributed by atoms with Crippen molar-refractivity contribution < 1.29 is 24.0 Å². The number of carboxylic acid groups (broad SMARTS) is 1. The van der Waals surface area contributed by atoms with Gasteiger partial charge in [0.05, 0.1) is 23.6 Å². The fraction of sp³-hybridized carbons (Fsp3) is 0.323. The molecule has 0 aromatic heterocycles. The molecule has 69 heavy (non-hydrogen) atoms. The highest BCUT2D eigenvalue weighted by atomic mass is 16.5. The summed E-state index contributed by atoms with van der Waals surface area (Å²) >= 11 is 0. The van der Waals surface area contributed by atoms with Gasteiger partial charge < -0.3 is 14.7 Å². The molecule has 2 aliphatic heterocycles. The smallest absolute Gasteiger partial charge is 0.309 e. The van der Waals surface area contributed by atoms with Gasteiger partial charge in [0.25, 0.3) is 6.47 Å². The number of ether oxygens (including phenoxy) is 1. The first-order valence-corrected chi connectivity index (χ1v) is 25.2. The summed E-state index contributed by atoms with van der Waals surface area (Å²) in [5.74, 6) is -0.851. The standard InChI is InChI=1S/C62H65N3O4/c1-3-5-7-19-38-61(43-47-21-11-9-12-22-47)56(64(40-37-58(67)68)54-33-31-50-25-15-17-27-52(50)59(54)61)35-29-49(45-63)30-36-57-62(39-20-8-6-4-2,44-48-23-13-10-14-24-48)60-53-28-18-16-26-51(53)32-34-55(60)65(57)41-42-69-46-66/h9-18,21-36,46H,3-8,19-20,37-44H2,1-2H3/p+1. The summed E-state index contributed by atoms with van der Waals surface area (Å²) in [7, 11) is 0. The van der Waals surface area contributed by atoms with Gasteiger partial charge in [0.15, 0.2) is 12.3 Å². The lowest BCUT2D eigenvalue weighted by atomic mass is 9.68. The Morgan fingerprint density at radius 3 is 1.90 bits per heavy atom. The lowest BCUT2D eigenvalue weighted by Crippen LogP contribution is -2.37. The van der Waals surface area contributed by atoms with Crippen molar-refractivity contribution in [2.75, 3.05) is 24.6 Å². The summed E-state index contributed by atoms with van der Waals surface area (Å²) in [4.78, 5) is 26.3. The van der Waals surface area contributed by atoms with E-state index in [0.29, 0.717) is 25.1 Å². The zero-order valence-corrected chi connectivity index (χ0v) is 40.4. The average molecular weight is 917 g/mol. The fourth-order valence-corrected chi connectivity index (χ4v) is 11.5. The molecule has 7 nitrogen and oxygen atoms in total. The van der Waals surface area contributed by atoms with Crippen molar-refractivity contribution in [3.63, 3.8) is 0 Å². The van der Waals surface area contributed by atoms with Crippen LogP contribution in [0, 0.1) is 11.3 Å². The van der Waals surface area contributed by atoms with E-state index in [-0.39, 0.29) is 13.0 Å². The number of unbranched alkanes of at least 4 members (excludes halogenated alkanes) is 6. The Balaban J connectivity index is 1.33. The van der Waals surface area contributed by atoms with E-state index in [1.54, 1.807) is 0 Å². The van der Waals surface area contributed by atoms with E-state index in [1.807, 2.05) is 12.2 Å². The second-order valence-electron chi connectivity index (χ2n) is 18.9. The molecule has 0 fully saturated rings. The zero-order valence-electron chi connectivity index (χ0n) is 40.4. The second-order valence-corrected chi connectivity index (χ2v) is 18.9. The van der Waals surface area contributed by atoms with Crippen LogP contribution in [0.25, 0.3) is 21.5 Å². The number of benzene rings is 6. The van der Waals surface area contributed by atoms with E-state index in [2.05, 4.69) is 175 Å². The monoisotopic (exact) mass is 917 g/mol. The van der Waals surface area contributed by atoms with Gasteiger partial charge in [-0.3, -0.25) is 9.59 Å². The first-order valence-electron chi connectivity index (χ1n) is 25.2. The van der Waals surface area contributed by atoms with Gasteiger partial charge in [-0.2, -0.15) is 9.84 Å². The molecule has 0 radical (unpaired) electrons. The molecule has 2 unspecified atom stereocenters. The minimum Gasteiger partial charge on any atom is -0.481 e. The van der Waals surface area contributed by atoms with Crippen LogP contribution in [0.15, 0.2) is 169 Å². The maximum absolute atomic E-state index is 12.4. The number of nitriles is 1. The van der Waals surface area contributed by atoms with Crippen molar-refractivity contribution >= 4 is 51.1 Å². The fourth-order valence-electron chi connectivity index (χ4n) is 11.5. The number of carboxylic acids is 1. The highest BCUT2D eigenvalue weighted by Crippen LogP contribution is 2.55. The van der Waals surface area contributed by atoms with Gasteiger partial charge in [0, 0.05) is 34.5 Å². The van der Waals surface area contributed by atoms with Crippen LogP contribution in [0.2, 0.25) is 0 Å². The molecule has 6 aromatic rings. The number of hydrogen-bond acceptors (Lipinski definition) is 5. The predicted molar refractivity (Wildman–Crippen MR) is 281 cm³/mol. The van der Waals surface area contributed by atoms with Crippen LogP contribution in [0.4, 0.5) is 11.4 Å². The van der Waals surface area contributed by atoms with Gasteiger partial charge in [0.1, 0.15) is 13.0 Å². The number of rotatable bonds is 24. The van der Waals surface area contributed by atoms with Crippen molar-refractivity contribution in [3.8, 4) is 6.07 Å². The van der Waals surface area contributed by atoms with Gasteiger partial charge in [-0.25, -0.2) is 0 Å². The first kappa shape index (κ1) is 48.4. The van der Waals surface area contributed by atoms with Crippen LogP contribution in [0.1, 0.15) is 107 Å². The minimum atomic E-state index is -0.851. The molecule has 0 bridgehead atoms. The van der Waals surface area contributed by atoms with Crippen molar-refractivity contribution in [2.45, 2.75) is 108 Å². The quantitative estimate of drug-likeness (QED) is 0.0214. The molecule has 6 aromatic carbocycles. The number of aliphatic carboxylic acids is 1. The Kier molecular flexibility index (Phi) is 16.0. The minimum absolute atomic E-state index is 0.0332. The number of carbonyl (C=O) groups is 2. The Bertz CT molecular complexity index is 2930. The summed E-state index contributed by atoms with van der Waals surface area (Å²) in [6.07, 6.45) is 20.2. The molecule has 7 heteroatoms. The van der Waals surface area contributed by atoms with E-state index in [4.69, 9.17) is 4.74 Å². The number of fused-ring (bicyclic) bond motifs is 6. The lowest BCUT2D eigenvalue weighted by molar-refractivity contribution is -0.436. The third kappa shape index (κ3) is 10.4. The van der Waals surface area contributed by atoms with E-state index in [9.17, 15) is 20.0 Å². The van der Waals surface area contributed by atoms with Crippen molar-refractivity contribution in [1.29, 1.82) is 5.26 Å². The first-order chi connectivity index (χ1) is 33.9. The Hall–Kier alpha value is -7.04. The molecule has 352 valence electrons. The normalized spacial score (nSPS) is 18.3. The van der Waals surface area contributed by atoms with E-state index >= 15 is 0 Å². The van der Waals surface area contributed by atoms with Gasteiger partial charge in [-0.1, -0.05) is 180 Å². The van der Waals surface area contributed by atoms with Crippen molar-refractivity contribution in [2.24, 2.45) is 0 Å². The molecule has 8 rings (SSSR count).